The van der Waals surface area contributed by atoms with E-state index in [-0.39, 0.29) is 5.91 Å². The van der Waals surface area contributed by atoms with Crippen LogP contribution < -0.4 is 10.1 Å². The number of hydrogen-bond donors (Lipinski definition) is 1. The van der Waals surface area contributed by atoms with Crippen molar-refractivity contribution in [3.05, 3.63) is 46.6 Å². The lowest BCUT2D eigenvalue weighted by atomic mass is 10.3. The number of fused-ring (bicyclic) bond motifs is 1. The number of benzene rings is 1. The van der Waals surface area contributed by atoms with Crippen LogP contribution in [0.1, 0.15) is 11.8 Å². The van der Waals surface area contributed by atoms with Gasteiger partial charge in [-0.25, -0.2) is 9.97 Å². The van der Waals surface area contributed by atoms with E-state index in [1.165, 1.54) is 16.6 Å². The van der Waals surface area contributed by atoms with Crippen molar-refractivity contribution in [3.8, 4) is 5.75 Å². The molecule has 0 saturated heterocycles. The molecule has 5 nitrogen and oxygen atoms in total. The van der Waals surface area contributed by atoms with Crippen molar-refractivity contribution in [2.75, 3.05) is 18.9 Å². The van der Waals surface area contributed by atoms with Crippen LogP contribution in [-0.2, 0) is 11.2 Å². The highest BCUT2D eigenvalue weighted by molar-refractivity contribution is 8.00. The van der Waals surface area contributed by atoms with E-state index in [9.17, 15) is 4.79 Å². The van der Waals surface area contributed by atoms with Crippen LogP contribution in [0, 0.1) is 0 Å². The van der Waals surface area contributed by atoms with Gasteiger partial charge in [-0.3, -0.25) is 4.79 Å². The minimum atomic E-state index is -0.0487. The van der Waals surface area contributed by atoms with Gasteiger partial charge in [-0.05, 0) is 36.8 Å². The van der Waals surface area contributed by atoms with Crippen molar-refractivity contribution in [2.45, 2.75) is 18.4 Å². The molecule has 8 heteroatoms. The van der Waals surface area contributed by atoms with Gasteiger partial charge in [-0.1, -0.05) is 30.3 Å². The van der Waals surface area contributed by atoms with Gasteiger partial charge >= 0.3 is 0 Å². The molecule has 0 spiro atoms. The topological polar surface area (TPSA) is 64.1 Å². The number of carbonyl (C=O) groups is 1. The van der Waals surface area contributed by atoms with Gasteiger partial charge in [-0.2, -0.15) is 0 Å². The third kappa shape index (κ3) is 5.09. The second-order valence-corrected chi connectivity index (χ2v) is 7.92. The van der Waals surface area contributed by atoms with E-state index in [0.717, 1.165) is 27.4 Å². The minimum Gasteiger partial charge on any atom is -0.492 e. The lowest BCUT2D eigenvalue weighted by Gasteiger charge is -2.08. The molecule has 0 unspecified atom stereocenters. The third-order valence-corrected chi connectivity index (χ3v) is 5.98. The van der Waals surface area contributed by atoms with Crippen LogP contribution in [0.3, 0.4) is 0 Å². The molecule has 1 N–H and O–H groups in total. The highest BCUT2D eigenvalue weighted by Crippen LogP contribution is 2.30. The second-order valence-electron chi connectivity index (χ2n) is 5.40. The Morgan fingerprint density at radius 1 is 1.31 bits per heavy atom. The van der Waals surface area contributed by atoms with Crippen molar-refractivity contribution in [1.29, 1.82) is 0 Å². The van der Waals surface area contributed by atoms with E-state index >= 15 is 0 Å². The first-order valence-corrected chi connectivity index (χ1v) is 10.3. The van der Waals surface area contributed by atoms with Gasteiger partial charge in [0.05, 0.1) is 12.3 Å². The highest BCUT2D eigenvalue weighted by Gasteiger charge is 2.10. The first-order chi connectivity index (χ1) is 12.7. The summed E-state index contributed by atoms with van der Waals surface area (Å²) in [5.74, 6) is 0.989. The number of ether oxygens (including phenoxy) is 1. The predicted molar refractivity (Wildman–Crippen MR) is 107 cm³/mol. The summed E-state index contributed by atoms with van der Waals surface area (Å²) in [6.45, 7) is 2.96. The fourth-order valence-corrected chi connectivity index (χ4v) is 4.18. The summed E-state index contributed by atoms with van der Waals surface area (Å²) in [6, 6.07) is 9.24. The van der Waals surface area contributed by atoms with Crippen LogP contribution in [0.4, 0.5) is 0 Å². The van der Waals surface area contributed by atoms with Gasteiger partial charge in [0.2, 0.25) is 5.91 Å². The molecule has 0 aliphatic heterocycles. The molecular weight excluding hydrogens is 390 g/mol. The predicted octanol–water partition coefficient (Wildman–Crippen LogP) is 4.19. The molecule has 0 aliphatic carbocycles. The number of aryl methyl sites for hydroxylation is 1. The standard InChI is InChI=1S/C18H18ClN3O2S2/c1-2-14-9-15-17(21-11-22-18(15)26-14)25-10-16(23)20-7-8-24-13-5-3-12(19)4-6-13/h3-6,9,11H,2,7-8,10H2,1H3,(H,20,23). The van der Waals surface area contributed by atoms with Crippen LogP contribution in [-0.4, -0.2) is 34.8 Å². The quantitative estimate of drug-likeness (QED) is 0.344. The molecule has 0 bridgehead atoms. The van der Waals surface area contributed by atoms with Gasteiger partial charge in [-0.15, -0.1) is 11.3 Å². The van der Waals surface area contributed by atoms with Crippen LogP contribution >= 0.6 is 34.7 Å². The van der Waals surface area contributed by atoms with Crippen LogP contribution in [0.5, 0.6) is 5.75 Å². The number of thiophene rings is 1. The van der Waals surface area contributed by atoms with Crippen LogP contribution in [0.15, 0.2) is 41.7 Å². The van der Waals surface area contributed by atoms with Gasteiger partial charge < -0.3 is 10.1 Å². The fraction of sp³-hybridized carbons (Fsp3) is 0.278. The molecule has 0 fully saturated rings. The first-order valence-electron chi connectivity index (χ1n) is 8.17. The van der Waals surface area contributed by atoms with Crippen molar-refractivity contribution in [1.82, 2.24) is 15.3 Å². The Kier molecular flexibility index (Phi) is 6.71. The zero-order chi connectivity index (χ0) is 18.4. The smallest absolute Gasteiger partial charge is 0.230 e. The Labute approximate surface area is 165 Å². The van der Waals surface area contributed by atoms with E-state index in [0.29, 0.717) is 23.9 Å². The average molecular weight is 408 g/mol. The molecule has 3 rings (SSSR count). The van der Waals surface area contributed by atoms with Crippen molar-refractivity contribution in [3.63, 3.8) is 0 Å². The maximum Gasteiger partial charge on any atom is 0.230 e. The molecule has 1 aromatic carbocycles. The van der Waals surface area contributed by atoms with Crippen molar-refractivity contribution >= 4 is 50.8 Å². The largest absolute Gasteiger partial charge is 0.492 e. The Balaban J connectivity index is 1.44. The Morgan fingerprint density at radius 3 is 2.88 bits per heavy atom. The molecule has 0 atom stereocenters. The van der Waals surface area contributed by atoms with Gasteiger partial charge in [0.25, 0.3) is 0 Å². The zero-order valence-corrected chi connectivity index (χ0v) is 16.6. The van der Waals surface area contributed by atoms with Crippen molar-refractivity contribution < 1.29 is 9.53 Å². The number of halogens is 1. The SMILES string of the molecule is CCc1cc2c(SCC(=O)NCCOc3ccc(Cl)cc3)ncnc2s1. The molecule has 2 heterocycles. The number of rotatable bonds is 8. The second kappa shape index (κ2) is 9.21. The lowest BCUT2D eigenvalue weighted by molar-refractivity contribution is -0.118. The summed E-state index contributed by atoms with van der Waals surface area (Å²) in [7, 11) is 0. The molecule has 0 radical (unpaired) electrons. The Morgan fingerprint density at radius 2 is 2.12 bits per heavy atom. The lowest BCUT2D eigenvalue weighted by Crippen LogP contribution is -2.29. The molecule has 0 saturated carbocycles. The van der Waals surface area contributed by atoms with Gasteiger partial charge in [0.15, 0.2) is 0 Å². The first kappa shape index (κ1) is 18.9. The number of thioether (sulfide) groups is 1. The maximum absolute atomic E-state index is 12.0. The summed E-state index contributed by atoms with van der Waals surface area (Å²) in [4.78, 5) is 22.9. The zero-order valence-electron chi connectivity index (χ0n) is 14.2. The van der Waals surface area contributed by atoms with E-state index in [4.69, 9.17) is 16.3 Å². The summed E-state index contributed by atoms with van der Waals surface area (Å²) in [5, 5.41) is 5.38. The maximum atomic E-state index is 12.0. The number of aromatic nitrogens is 2. The molecule has 136 valence electrons. The molecule has 2 aromatic heterocycles. The molecule has 26 heavy (non-hydrogen) atoms. The Hall–Kier alpha value is -1.83. The average Bonchev–Trinajstić information content (AvgIpc) is 3.09. The highest BCUT2D eigenvalue weighted by atomic mass is 35.5. The van der Waals surface area contributed by atoms with Crippen LogP contribution in [0.2, 0.25) is 5.02 Å². The molecule has 1 amide bonds. The fourth-order valence-electron chi connectivity index (χ4n) is 2.25. The minimum absolute atomic E-state index is 0.0487. The monoisotopic (exact) mass is 407 g/mol. The molecule has 0 aliphatic rings. The third-order valence-electron chi connectivity index (χ3n) is 3.54. The summed E-state index contributed by atoms with van der Waals surface area (Å²) in [5.41, 5.74) is 0. The van der Waals surface area contributed by atoms with E-state index in [1.54, 1.807) is 41.9 Å². The van der Waals surface area contributed by atoms with E-state index in [1.807, 2.05) is 0 Å². The summed E-state index contributed by atoms with van der Waals surface area (Å²) >= 11 is 8.92. The number of nitrogens with one attached hydrogen (secondary N) is 1. The van der Waals surface area contributed by atoms with Gasteiger partial charge in [0.1, 0.15) is 28.5 Å². The Bertz CT molecular complexity index is 884. The van der Waals surface area contributed by atoms with Gasteiger partial charge in [0, 0.05) is 15.3 Å². The number of hydrogen-bond acceptors (Lipinski definition) is 6. The van der Waals surface area contributed by atoms with E-state index in [2.05, 4.69) is 28.3 Å². The molecule has 3 aromatic rings. The number of carbonyl (C=O) groups excluding carboxylic acids is 1. The van der Waals surface area contributed by atoms with Crippen molar-refractivity contribution in [2.24, 2.45) is 0 Å². The van der Waals surface area contributed by atoms with Crippen LogP contribution in [0.25, 0.3) is 10.2 Å². The summed E-state index contributed by atoms with van der Waals surface area (Å²) < 4.78 is 5.55. The van der Waals surface area contributed by atoms with E-state index < -0.39 is 0 Å². The normalized spacial score (nSPS) is 10.8. The summed E-state index contributed by atoms with van der Waals surface area (Å²) in [6.07, 6.45) is 2.53. The number of nitrogens with zero attached hydrogens (tertiary/aromatic N) is 2. The molecular formula is C18H18ClN3O2S2. The number of amides is 1.